The van der Waals surface area contributed by atoms with Crippen molar-refractivity contribution in [3.05, 3.63) is 0 Å². The summed E-state index contributed by atoms with van der Waals surface area (Å²) >= 11 is 1.97. The first-order chi connectivity index (χ1) is 7.10. The van der Waals surface area contributed by atoms with Crippen molar-refractivity contribution in [3.63, 3.8) is 0 Å². The van der Waals surface area contributed by atoms with Crippen LogP contribution in [-0.2, 0) is 0 Å². The second-order valence-corrected chi connectivity index (χ2v) is 6.15. The van der Waals surface area contributed by atoms with Gasteiger partial charge in [-0.1, -0.05) is 20.8 Å². The number of aliphatic hydroxyl groups is 1. The molecule has 0 aliphatic heterocycles. The molecule has 2 nitrogen and oxygen atoms in total. The number of thioether (sulfide) groups is 1. The second kappa shape index (κ2) is 8.43. The van der Waals surface area contributed by atoms with Gasteiger partial charge in [0.1, 0.15) is 0 Å². The van der Waals surface area contributed by atoms with Crippen LogP contribution in [0.15, 0.2) is 0 Å². The van der Waals surface area contributed by atoms with Gasteiger partial charge in [-0.25, -0.2) is 0 Å². The maximum Gasteiger partial charge on any atom is 0.0499 e. The summed E-state index contributed by atoms with van der Waals surface area (Å²) in [6, 6.07) is 0. The van der Waals surface area contributed by atoms with Crippen LogP contribution in [0.2, 0.25) is 0 Å². The van der Waals surface area contributed by atoms with Crippen LogP contribution in [-0.4, -0.2) is 29.8 Å². The lowest BCUT2D eigenvalue weighted by Gasteiger charge is -2.32. The van der Waals surface area contributed by atoms with Crippen molar-refractivity contribution >= 4 is 11.8 Å². The molecule has 0 aliphatic rings. The van der Waals surface area contributed by atoms with Crippen LogP contribution in [0.25, 0.3) is 0 Å². The monoisotopic (exact) mass is 233 g/mol. The molecule has 0 amide bonds. The third-order valence-corrected chi connectivity index (χ3v) is 3.80. The number of rotatable bonds is 9. The minimum atomic E-state index is -0.0253. The van der Waals surface area contributed by atoms with Crippen LogP contribution in [0.5, 0.6) is 0 Å². The normalized spacial score (nSPS) is 15.6. The highest BCUT2D eigenvalue weighted by Gasteiger charge is 2.28. The first-order valence-corrected chi connectivity index (χ1v) is 7.14. The van der Waals surface area contributed by atoms with E-state index in [1.165, 1.54) is 17.9 Å². The molecule has 3 heteroatoms. The zero-order chi connectivity index (χ0) is 11.7. The molecule has 0 saturated heterocycles. The van der Waals surface area contributed by atoms with Crippen molar-refractivity contribution in [2.45, 2.75) is 40.0 Å². The fourth-order valence-corrected chi connectivity index (χ4v) is 2.69. The van der Waals surface area contributed by atoms with Crippen molar-refractivity contribution in [1.82, 2.24) is 0 Å². The number of hydrogen-bond acceptors (Lipinski definition) is 3. The predicted molar refractivity (Wildman–Crippen MR) is 70.3 cm³/mol. The zero-order valence-electron chi connectivity index (χ0n) is 10.5. The summed E-state index contributed by atoms with van der Waals surface area (Å²) in [5, 5.41) is 9.50. The van der Waals surface area contributed by atoms with Gasteiger partial charge in [0.05, 0.1) is 0 Å². The lowest BCUT2D eigenvalue weighted by Crippen LogP contribution is -2.35. The molecule has 0 heterocycles. The van der Waals surface area contributed by atoms with Crippen molar-refractivity contribution in [1.29, 1.82) is 0 Å². The largest absolute Gasteiger partial charge is 0.396 e. The highest BCUT2D eigenvalue weighted by molar-refractivity contribution is 7.99. The van der Waals surface area contributed by atoms with Gasteiger partial charge >= 0.3 is 0 Å². The fraction of sp³-hybridized carbons (Fsp3) is 1.00. The van der Waals surface area contributed by atoms with Gasteiger partial charge in [0.2, 0.25) is 0 Å². The Morgan fingerprint density at radius 2 is 2.07 bits per heavy atom. The highest BCUT2D eigenvalue weighted by atomic mass is 32.2. The molecule has 0 fully saturated rings. The molecule has 0 radical (unpaired) electrons. The van der Waals surface area contributed by atoms with Crippen LogP contribution in [0.3, 0.4) is 0 Å². The van der Waals surface area contributed by atoms with Crippen LogP contribution < -0.4 is 5.73 Å². The third kappa shape index (κ3) is 6.44. The maximum absolute atomic E-state index is 9.50. The standard InChI is InChI=1S/C12H27NOS/c1-4-15-7-5-6-12(9-13,10-14)8-11(2)3/h11,14H,4-10,13H2,1-3H3. The van der Waals surface area contributed by atoms with Gasteiger partial charge in [-0.05, 0) is 36.7 Å². The summed E-state index contributed by atoms with van der Waals surface area (Å²) in [6.45, 7) is 7.42. The van der Waals surface area contributed by atoms with Crippen molar-refractivity contribution in [2.75, 3.05) is 24.7 Å². The molecule has 3 N–H and O–H groups in total. The minimum Gasteiger partial charge on any atom is -0.396 e. The summed E-state index contributed by atoms with van der Waals surface area (Å²) < 4.78 is 0. The molecule has 0 aromatic heterocycles. The summed E-state index contributed by atoms with van der Waals surface area (Å²) in [5.41, 5.74) is 5.79. The molecule has 0 bridgehead atoms. The van der Waals surface area contributed by atoms with Crippen LogP contribution in [0, 0.1) is 11.3 Å². The number of nitrogens with two attached hydrogens (primary N) is 1. The Morgan fingerprint density at radius 3 is 2.47 bits per heavy atom. The van der Waals surface area contributed by atoms with E-state index in [0.29, 0.717) is 12.5 Å². The van der Waals surface area contributed by atoms with Crippen molar-refractivity contribution in [2.24, 2.45) is 17.1 Å². The summed E-state index contributed by atoms with van der Waals surface area (Å²) in [7, 11) is 0. The van der Waals surface area contributed by atoms with E-state index < -0.39 is 0 Å². The van der Waals surface area contributed by atoms with Gasteiger partial charge in [0.25, 0.3) is 0 Å². The Bertz CT molecular complexity index is 147. The Hall–Kier alpha value is 0.270. The Labute approximate surface area is 99.0 Å². The first-order valence-electron chi connectivity index (χ1n) is 5.99. The highest BCUT2D eigenvalue weighted by Crippen LogP contribution is 2.30. The Balaban J connectivity index is 4.00. The predicted octanol–water partition coefficient (Wildman–Crippen LogP) is 2.50. The van der Waals surface area contributed by atoms with E-state index in [-0.39, 0.29) is 12.0 Å². The van der Waals surface area contributed by atoms with E-state index in [4.69, 9.17) is 5.73 Å². The molecule has 0 rings (SSSR count). The molecule has 92 valence electrons. The molecule has 0 aromatic rings. The van der Waals surface area contributed by atoms with E-state index >= 15 is 0 Å². The third-order valence-electron chi connectivity index (χ3n) is 2.81. The molecule has 0 saturated carbocycles. The zero-order valence-corrected chi connectivity index (χ0v) is 11.3. The Morgan fingerprint density at radius 1 is 1.40 bits per heavy atom. The van der Waals surface area contributed by atoms with Gasteiger partial charge in [0.15, 0.2) is 0 Å². The SMILES string of the molecule is CCSCCCC(CN)(CO)CC(C)C. The van der Waals surface area contributed by atoms with E-state index in [2.05, 4.69) is 20.8 Å². The summed E-state index contributed by atoms with van der Waals surface area (Å²) in [5.74, 6) is 2.98. The summed E-state index contributed by atoms with van der Waals surface area (Å²) in [4.78, 5) is 0. The topological polar surface area (TPSA) is 46.2 Å². The smallest absolute Gasteiger partial charge is 0.0499 e. The quantitative estimate of drug-likeness (QED) is 0.602. The average Bonchev–Trinajstić information content (AvgIpc) is 2.22. The second-order valence-electron chi connectivity index (χ2n) is 4.76. The lowest BCUT2D eigenvalue weighted by molar-refractivity contribution is 0.0981. The van der Waals surface area contributed by atoms with Crippen LogP contribution in [0.4, 0.5) is 0 Å². The molecular formula is C12H27NOS. The van der Waals surface area contributed by atoms with E-state index in [1.807, 2.05) is 11.8 Å². The minimum absolute atomic E-state index is 0.0253. The fourth-order valence-electron chi connectivity index (χ4n) is 2.06. The molecule has 0 spiro atoms. The number of aliphatic hydroxyl groups excluding tert-OH is 1. The van der Waals surface area contributed by atoms with Gasteiger partial charge in [-0.2, -0.15) is 11.8 Å². The van der Waals surface area contributed by atoms with Gasteiger partial charge in [-0.3, -0.25) is 0 Å². The van der Waals surface area contributed by atoms with E-state index in [0.717, 1.165) is 12.8 Å². The van der Waals surface area contributed by atoms with Gasteiger partial charge in [0, 0.05) is 18.6 Å². The number of hydrogen-bond donors (Lipinski definition) is 2. The van der Waals surface area contributed by atoms with Crippen LogP contribution in [0.1, 0.15) is 40.0 Å². The average molecular weight is 233 g/mol. The maximum atomic E-state index is 9.50. The van der Waals surface area contributed by atoms with Crippen LogP contribution >= 0.6 is 11.8 Å². The lowest BCUT2D eigenvalue weighted by atomic mass is 9.77. The van der Waals surface area contributed by atoms with Gasteiger partial charge < -0.3 is 10.8 Å². The molecular weight excluding hydrogens is 206 g/mol. The molecule has 1 unspecified atom stereocenters. The molecule has 0 aliphatic carbocycles. The first kappa shape index (κ1) is 15.3. The molecule has 1 atom stereocenters. The molecule has 15 heavy (non-hydrogen) atoms. The molecule has 0 aromatic carbocycles. The van der Waals surface area contributed by atoms with Crippen molar-refractivity contribution < 1.29 is 5.11 Å². The van der Waals surface area contributed by atoms with E-state index in [9.17, 15) is 5.11 Å². The Kier molecular flexibility index (Phi) is 8.58. The summed E-state index contributed by atoms with van der Waals surface area (Å²) in [6.07, 6.45) is 3.27. The van der Waals surface area contributed by atoms with Gasteiger partial charge in [-0.15, -0.1) is 0 Å². The van der Waals surface area contributed by atoms with Crippen molar-refractivity contribution in [3.8, 4) is 0 Å². The van der Waals surface area contributed by atoms with E-state index in [1.54, 1.807) is 0 Å².